The van der Waals surface area contributed by atoms with Crippen molar-refractivity contribution in [3.8, 4) is 0 Å². The van der Waals surface area contributed by atoms with Crippen LogP contribution in [0.15, 0.2) is 29.5 Å². The van der Waals surface area contributed by atoms with Crippen LogP contribution in [0, 0.1) is 5.92 Å². The maximum absolute atomic E-state index is 11.9. The fourth-order valence-electron chi connectivity index (χ4n) is 1.82. The van der Waals surface area contributed by atoms with E-state index in [1.807, 2.05) is 6.07 Å². The van der Waals surface area contributed by atoms with Crippen molar-refractivity contribution in [2.45, 2.75) is 6.54 Å². The number of nitrogens with zero attached hydrogens (tertiary/aromatic N) is 4. The first-order valence-corrected chi connectivity index (χ1v) is 6.00. The second-order valence-corrected chi connectivity index (χ2v) is 4.41. The summed E-state index contributed by atoms with van der Waals surface area (Å²) in [5, 5.41) is 0. The Balaban J connectivity index is 2.09. The molecule has 104 valence electrons. The Hall–Kier alpha value is -2.57. The highest BCUT2D eigenvalue weighted by molar-refractivity contribution is 6.23. The van der Waals surface area contributed by atoms with Crippen molar-refractivity contribution in [1.82, 2.24) is 14.8 Å². The molecule has 0 aliphatic carbocycles. The fraction of sp³-hybridized carbons (Fsp3) is 0.308. The Labute approximate surface area is 115 Å². The van der Waals surface area contributed by atoms with E-state index >= 15 is 0 Å². The third kappa shape index (κ3) is 2.56. The minimum absolute atomic E-state index is 0.326. The average Bonchev–Trinajstić information content (AvgIpc) is 2.48. The predicted molar refractivity (Wildman–Crippen MR) is 70.9 cm³/mol. The summed E-state index contributed by atoms with van der Waals surface area (Å²) >= 11 is 0. The first kappa shape index (κ1) is 13.9. The number of urea groups is 1. The minimum atomic E-state index is -1.04. The third-order valence-corrected chi connectivity index (χ3v) is 3.02. The minimum Gasteiger partial charge on any atom is -0.291 e. The number of aliphatic imine (C=N–C) groups is 1. The van der Waals surface area contributed by atoms with Crippen molar-refractivity contribution in [2.24, 2.45) is 10.9 Å². The molecule has 0 atom stereocenters. The number of pyridine rings is 1. The van der Waals surface area contributed by atoms with E-state index in [4.69, 9.17) is 0 Å². The second-order valence-electron chi connectivity index (χ2n) is 4.41. The van der Waals surface area contributed by atoms with E-state index in [0.717, 1.165) is 15.4 Å². The Morgan fingerprint density at radius 1 is 1.25 bits per heavy atom. The zero-order chi connectivity index (χ0) is 14.7. The number of carbonyl (C=O) groups excluding carboxylic acids is 3. The average molecular weight is 274 g/mol. The zero-order valence-corrected chi connectivity index (χ0v) is 11.2. The van der Waals surface area contributed by atoms with Crippen LogP contribution in [0.1, 0.15) is 5.56 Å². The molecular weight excluding hydrogens is 260 g/mol. The normalized spacial score (nSPS) is 17.4. The number of barbiturate groups is 1. The number of carbonyl (C=O) groups is 3. The molecule has 0 spiro atoms. The second kappa shape index (κ2) is 5.60. The predicted octanol–water partition coefficient (Wildman–Crippen LogP) is 0.319. The van der Waals surface area contributed by atoms with Crippen LogP contribution in [0.5, 0.6) is 0 Å². The molecule has 1 saturated heterocycles. The van der Waals surface area contributed by atoms with Crippen molar-refractivity contribution in [3.63, 3.8) is 0 Å². The summed E-state index contributed by atoms with van der Waals surface area (Å²) in [5.41, 5.74) is 0.872. The lowest BCUT2D eigenvalue weighted by molar-refractivity contribution is -0.144. The van der Waals surface area contributed by atoms with Gasteiger partial charge in [-0.3, -0.25) is 29.4 Å². The highest BCUT2D eigenvalue weighted by Crippen LogP contribution is 2.13. The molecule has 0 aromatic carbocycles. The quantitative estimate of drug-likeness (QED) is 0.587. The van der Waals surface area contributed by atoms with Gasteiger partial charge >= 0.3 is 6.03 Å². The molecule has 2 rings (SSSR count). The van der Waals surface area contributed by atoms with Gasteiger partial charge in [-0.15, -0.1) is 0 Å². The Bertz CT molecular complexity index is 546. The summed E-state index contributed by atoms with van der Waals surface area (Å²) in [5.74, 6) is -2.17. The first-order chi connectivity index (χ1) is 9.52. The Morgan fingerprint density at radius 2 is 1.90 bits per heavy atom. The molecule has 7 heteroatoms. The monoisotopic (exact) mass is 274 g/mol. The molecule has 20 heavy (non-hydrogen) atoms. The summed E-state index contributed by atoms with van der Waals surface area (Å²) in [4.78, 5) is 45.2. The van der Waals surface area contributed by atoms with E-state index < -0.39 is 23.8 Å². The lowest BCUT2D eigenvalue weighted by Gasteiger charge is -2.31. The van der Waals surface area contributed by atoms with Crippen molar-refractivity contribution < 1.29 is 14.4 Å². The molecule has 1 aromatic rings. The van der Waals surface area contributed by atoms with Gasteiger partial charge in [0.25, 0.3) is 0 Å². The van der Waals surface area contributed by atoms with E-state index in [2.05, 4.69) is 9.98 Å². The van der Waals surface area contributed by atoms with Crippen LogP contribution in [0.4, 0.5) is 4.79 Å². The highest BCUT2D eigenvalue weighted by Gasteiger charge is 2.41. The maximum Gasteiger partial charge on any atom is 0.332 e. The largest absolute Gasteiger partial charge is 0.332 e. The van der Waals surface area contributed by atoms with Gasteiger partial charge < -0.3 is 0 Å². The van der Waals surface area contributed by atoms with Crippen LogP contribution < -0.4 is 0 Å². The number of hydrogen-bond acceptors (Lipinski definition) is 5. The summed E-state index contributed by atoms with van der Waals surface area (Å²) < 4.78 is 0. The summed E-state index contributed by atoms with van der Waals surface area (Å²) in [6.45, 7) is 0.326. The molecular formula is C13H14N4O3. The van der Waals surface area contributed by atoms with Crippen molar-refractivity contribution in [1.29, 1.82) is 0 Å². The fourth-order valence-corrected chi connectivity index (χ4v) is 1.82. The zero-order valence-electron chi connectivity index (χ0n) is 11.2. The molecule has 0 bridgehead atoms. The molecule has 4 amide bonds. The van der Waals surface area contributed by atoms with Crippen LogP contribution in [0.25, 0.3) is 0 Å². The number of hydrogen-bond donors (Lipinski definition) is 0. The number of amides is 4. The Kier molecular flexibility index (Phi) is 3.88. The van der Waals surface area contributed by atoms with E-state index in [1.165, 1.54) is 20.3 Å². The molecule has 0 radical (unpaired) electrons. The van der Waals surface area contributed by atoms with Gasteiger partial charge in [0.15, 0.2) is 5.92 Å². The number of aromatic nitrogens is 1. The van der Waals surface area contributed by atoms with Crippen molar-refractivity contribution in [2.75, 3.05) is 14.1 Å². The first-order valence-electron chi connectivity index (χ1n) is 6.00. The van der Waals surface area contributed by atoms with Gasteiger partial charge in [-0.05, 0) is 11.6 Å². The number of imide groups is 2. The molecule has 2 heterocycles. The highest BCUT2D eigenvalue weighted by atomic mass is 16.2. The van der Waals surface area contributed by atoms with Gasteiger partial charge in [0.05, 0.1) is 6.54 Å². The maximum atomic E-state index is 11.9. The lowest BCUT2D eigenvalue weighted by Crippen LogP contribution is -2.57. The van der Waals surface area contributed by atoms with Gasteiger partial charge in [-0.2, -0.15) is 0 Å². The van der Waals surface area contributed by atoms with E-state index in [1.54, 1.807) is 18.5 Å². The SMILES string of the molecule is CN1C(=O)C(C=NCc2cccnc2)C(=O)N(C)C1=O. The van der Waals surface area contributed by atoms with Gasteiger partial charge in [-0.1, -0.05) is 6.07 Å². The smallest absolute Gasteiger partial charge is 0.291 e. The standard InChI is InChI=1S/C13H14N4O3/c1-16-11(18)10(12(19)17(2)13(16)20)8-15-7-9-4-3-5-14-6-9/h3-6,8,10H,7H2,1-2H3. The van der Waals surface area contributed by atoms with Crippen LogP contribution in [0.2, 0.25) is 0 Å². The van der Waals surface area contributed by atoms with Crippen LogP contribution in [-0.4, -0.2) is 52.9 Å². The summed E-state index contributed by atoms with van der Waals surface area (Å²) in [7, 11) is 2.69. The lowest BCUT2D eigenvalue weighted by atomic mass is 10.1. The third-order valence-electron chi connectivity index (χ3n) is 3.02. The van der Waals surface area contributed by atoms with Crippen LogP contribution in [-0.2, 0) is 16.1 Å². The number of rotatable bonds is 3. The van der Waals surface area contributed by atoms with Crippen molar-refractivity contribution >= 4 is 24.1 Å². The van der Waals surface area contributed by atoms with Crippen LogP contribution >= 0.6 is 0 Å². The van der Waals surface area contributed by atoms with E-state index in [-0.39, 0.29) is 0 Å². The molecule has 0 N–H and O–H groups in total. The van der Waals surface area contributed by atoms with E-state index in [9.17, 15) is 14.4 Å². The van der Waals surface area contributed by atoms with Gasteiger partial charge in [0.1, 0.15) is 0 Å². The molecule has 7 nitrogen and oxygen atoms in total. The van der Waals surface area contributed by atoms with Gasteiger partial charge in [0.2, 0.25) is 11.8 Å². The molecule has 1 aliphatic rings. The molecule has 1 aromatic heterocycles. The molecule has 0 unspecified atom stereocenters. The summed E-state index contributed by atoms with van der Waals surface area (Å²) in [6, 6.07) is 3.00. The van der Waals surface area contributed by atoms with Crippen LogP contribution in [0.3, 0.4) is 0 Å². The summed E-state index contributed by atoms with van der Waals surface area (Å²) in [6.07, 6.45) is 4.59. The van der Waals surface area contributed by atoms with Gasteiger partial charge in [-0.25, -0.2) is 4.79 Å². The molecule has 1 fully saturated rings. The van der Waals surface area contributed by atoms with Gasteiger partial charge in [0, 0.05) is 32.7 Å². The molecule has 1 aliphatic heterocycles. The van der Waals surface area contributed by atoms with E-state index in [0.29, 0.717) is 6.54 Å². The van der Waals surface area contributed by atoms with Crippen molar-refractivity contribution in [3.05, 3.63) is 30.1 Å². The Morgan fingerprint density at radius 3 is 2.45 bits per heavy atom. The molecule has 0 saturated carbocycles. The topological polar surface area (TPSA) is 82.9 Å².